The van der Waals surface area contributed by atoms with E-state index in [0.29, 0.717) is 13.0 Å². The van der Waals surface area contributed by atoms with Crippen LogP contribution in [-0.2, 0) is 45.5 Å². The first-order valence-corrected chi connectivity index (χ1v) is 15.8. The van der Waals surface area contributed by atoms with E-state index in [1.54, 1.807) is 0 Å². The van der Waals surface area contributed by atoms with E-state index in [4.69, 9.17) is 0 Å². The van der Waals surface area contributed by atoms with Gasteiger partial charge < -0.3 is 10.2 Å². The van der Waals surface area contributed by atoms with Gasteiger partial charge in [0.2, 0.25) is 21.8 Å². The number of carbonyl (C=O) groups excluding carboxylic acids is 2. The SMILES string of the molecule is CS(=O)(=O)N(CC(=O)N(Cc1ccccc1)[C@H](Cc1ccccc1)C(=O)NCCc1ccccc1)Cc1ccccc1. The second-order valence-electron chi connectivity index (χ2n) is 10.3. The quantitative estimate of drug-likeness (QED) is 0.238. The van der Waals surface area contributed by atoms with E-state index in [2.05, 4.69) is 5.32 Å². The van der Waals surface area contributed by atoms with Crippen molar-refractivity contribution in [3.05, 3.63) is 144 Å². The van der Waals surface area contributed by atoms with Gasteiger partial charge in [0.15, 0.2) is 0 Å². The van der Waals surface area contributed by atoms with Gasteiger partial charge in [-0.05, 0) is 28.7 Å². The van der Waals surface area contributed by atoms with Gasteiger partial charge in [-0.1, -0.05) is 121 Å². The van der Waals surface area contributed by atoms with E-state index in [1.165, 1.54) is 4.90 Å². The molecule has 0 aliphatic heterocycles. The van der Waals surface area contributed by atoms with Crippen LogP contribution >= 0.6 is 0 Å². The van der Waals surface area contributed by atoms with Crippen LogP contribution in [0.3, 0.4) is 0 Å². The molecule has 0 spiro atoms. The molecular weight excluding hydrogens is 546 g/mol. The highest BCUT2D eigenvalue weighted by Crippen LogP contribution is 2.17. The molecule has 0 unspecified atom stereocenters. The lowest BCUT2D eigenvalue weighted by Crippen LogP contribution is -2.53. The molecule has 7 nitrogen and oxygen atoms in total. The number of nitrogens with one attached hydrogen (secondary N) is 1. The van der Waals surface area contributed by atoms with E-state index in [1.807, 2.05) is 121 Å². The lowest BCUT2D eigenvalue weighted by Gasteiger charge is -2.33. The van der Waals surface area contributed by atoms with Crippen LogP contribution in [0, 0.1) is 0 Å². The van der Waals surface area contributed by atoms with E-state index < -0.39 is 22.0 Å². The minimum absolute atomic E-state index is 0.0528. The molecule has 0 aliphatic carbocycles. The molecule has 0 radical (unpaired) electrons. The van der Waals surface area contributed by atoms with Gasteiger partial charge in [0.25, 0.3) is 0 Å². The van der Waals surface area contributed by atoms with Crippen LogP contribution in [0.4, 0.5) is 0 Å². The van der Waals surface area contributed by atoms with Crippen molar-refractivity contribution in [1.29, 1.82) is 0 Å². The Kier molecular flexibility index (Phi) is 11.0. The fraction of sp³-hybridized carbons (Fsp3) is 0.235. The van der Waals surface area contributed by atoms with Crippen molar-refractivity contribution < 1.29 is 18.0 Å². The van der Waals surface area contributed by atoms with Crippen molar-refractivity contribution in [2.45, 2.75) is 32.0 Å². The number of nitrogens with zero attached hydrogens (tertiary/aromatic N) is 2. The topological polar surface area (TPSA) is 86.8 Å². The largest absolute Gasteiger partial charge is 0.354 e. The van der Waals surface area contributed by atoms with Crippen molar-refractivity contribution >= 4 is 21.8 Å². The maximum absolute atomic E-state index is 14.1. The Morgan fingerprint density at radius 2 is 1.12 bits per heavy atom. The van der Waals surface area contributed by atoms with E-state index >= 15 is 0 Å². The van der Waals surface area contributed by atoms with Gasteiger partial charge in [-0.25, -0.2) is 8.42 Å². The first-order chi connectivity index (χ1) is 20.3. The van der Waals surface area contributed by atoms with Crippen LogP contribution in [-0.4, -0.2) is 54.8 Å². The molecular formula is C34H37N3O4S. The van der Waals surface area contributed by atoms with Crippen molar-refractivity contribution in [3.63, 3.8) is 0 Å². The summed E-state index contributed by atoms with van der Waals surface area (Å²) in [5.74, 6) is -0.729. The summed E-state index contributed by atoms with van der Waals surface area (Å²) in [7, 11) is -3.73. The molecule has 4 rings (SSSR count). The summed E-state index contributed by atoms with van der Waals surface area (Å²) < 4.78 is 26.8. The third-order valence-corrected chi connectivity index (χ3v) is 8.20. The molecule has 0 heterocycles. The highest BCUT2D eigenvalue weighted by atomic mass is 32.2. The zero-order valence-electron chi connectivity index (χ0n) is 23.8. The smallest absolute Gasteiger partial charge is 0.243 e. The maximum Gasteiger partial charge on any atom is 0.243 e. The van der Waals surface area contributed by atoms with Crippen molar-refractivity contribution in [3.8, 4) is 0 Å². The summed E-state index contributed by atoms with van der Waals surface area (Å²) in [4.78, 5) is 29.4. The molecule has 4 aromatic carbocycles. The van der Waals surface area contributed by atoms with E-state index in [0.717, 1.165) is 32.8 Å². The van der Waals surface area contributed by atoms with Gasteiger partial charge >= 0.3 is 0 Å². The van der Waals surface area contributed by atoms with Crippen molar-refractivity contribution in [1.82, 2.24) is 14.5 Å². The Hall–Kier alpha value is -4.27. The fourth-order valence-corrected chi connectivity index (χ4v) is 5.47. The molecule has 1 N–H and O–H groups in total. The van der Waals surface area contributed by atoms with Crippen LogP contribution in [0.2, 0.25) is 0 Å². The van der Waals surface area contributed by atoms with E-state index in [-0.39, 0.29) is 32.0 Å². The second kappa shape index (κ2) is 15.1. The summed E-state index contributed by atoms with van der Waals surface area (Å²) in [6, 6.07) is 37.1. The highest BCUT2D eigenvalue weighted by Gasteiger charge is 2.32. The van der Waals surface area contributed by atoms with Gasteiger partial charge in [-0.3, -0.25) is 9.59 Å². The summed E-state index contributed by atoms with van der Waals surface area (Å²) in [6.45, 7) is 0.234. The molecule has 0 saturated carbocycles. The zero-order valence-corrected chi connectivity index (χ0v) is 24.6. The molecule has 218 valence electrons. The Morgan fingerprint density at radius 3 is 1.62 bits per heavy atom. The van der Waals surface area contributed by atoms with Gasteiger partial charge in [-0.2, -0.15) is 4.31 Å². The van der Waals surface area contributed by atoms with Gasteiger partial charge in [0.05, 0.1) is 12.8 Å². The lowest BCUT2D eigenvalue weighted by molar-refractivity contribution is -0.141. The molecule has 0 fully saturated rings. The first kappa shape index (κ1) is 30.7. The standard InChI is InChI=1S/C34H37N3O4S/c1-42(40,41)36(25-30-18-10-4-11-19-30)27-33(38)37(26-31-20-12-5-13-21-31)32(24-29-16-8-3-9-17-29)34(39)35-23-22-28-14-6-2-7-15-28/h2-21,32H,22-27H2,1H3,(H,35,39)/t32-/m1/s1. The Balaban J connectivity index is 1.62. The van der Waals surface area contributed by atoms with Gasteiger partial charge in [0.1, 0.15) is 6.04 Å². The van der Waals surface area contributed by atoms with Gasteiger partial charge in [0, 0.05) is 26.1 Å². The summed E-state index contributed by atoms with van der Waals surface area (Å²) in [5.41, 5.74) is 3.61. The molecule has 0 aromatic heterocycles. The number of amides is 2. The fourth-order valence-electron chi connectivity index (χ4n) is 4.75. The van der Waals surface area contributed by atoms with Crippen LogP contribution in [0.15, 0.2) is 121 Å². The molecule has 4 aromatic rings. The number of hydrogen-bond donors (Lipinski definition) is 1. The number of hydrogen-bond acceptors (Lipinski definition) is 4. The molecule has 8 heteroatoms. The van der Waals surface area contributed by atoms with Crippen molar-refractivity contribution in [2.24, 2.45) is 0 Å². The monoisotopic (exact) mass is 583 g/mol. The van der Waals surface area contributed by atoms with Crippen LogP contribution in [0.5, 0.6) is 0 Å². The third kappa shape index (κ3) is 9.39. The maximum atomic E-state index is 14.1. The molecule has 0 bridgehead atoms. The minimum Gasteiger partial charge on any atom is -0.354 e. The van der Waals surface area contributed by atoms with Gasteiger partial charge in [-0.15, -0.1) is 0 Å². The average molecular weight is 584 g/mol. The number of carbonyl (C=O) groups is 2. The molecule has 2 amide bonds. The van der Waals surface area contributed by atoms with Crippen LogP contribution < -0.4 is 5.32 Å². The van der Waals surface area contributed by atoms with Crippen molar-refractivity contribution in [2.75, 3.05) is 19.3 Å². The highest BCUT2D eigenvalue weighted by molar-refractivity contribution is 7.88. The van der Waals surface area contributed by atoms with Crippen LogP contribution in [0.1, 0.15) is 22.3 Å². The molecule has 42 heavy (non-hydrogen) atoms. The summed E-state index contributed by atoms with van der Waals surface area (Å²) in [6.07, 6.45) is 2.03. The third-order valence-electron chi connectivity index (χ3n) is 7.00. The summed E-state index contributed by atoms with van der Waals surface area (Å²) >= 11 is 0. The number of benzene rings is 4. The Labute approximate surface area is 248 Å². The molecule has 0 saturated heterocycles. The van der Waals surface area contributed by atoms with E-state index in [9.17, 15) is 18.0 Å². The zero-order chi connectivity index (χ0) is 29.8. The summed E-state index contributed by atoms with van der Waals surface area (Å²) in [5, 5.41) is 3.03. The molecule has 0 aliphatic rings. The minimum atomic E-state index is -3.73. The predicted molar refractivity (Wildman–Crippen MR) is 166 cm³/mol. The first-order valence-electron chi connectivity index (χ1n) is 14.0. The number of sulfonamides is 1. The van der Waals surface area contributed by atoms with Crippen LogP contribution in [0.25, 0.3) is 0 Å². The number of rotatable bonds is 14. The predicted octanol–water partition coefficient (Wildman–Crippen LogP) is 4.45. The molecule has 1 atom stereocenters. The normalized spacial score (nSPS) is 12.0. The second-order valence-corrected chi connectivity index (χ2v) is 12.2. The Morgan fingerprint density at radius 1 is 0.667 bits per heavy atom. The lowest BCUT2D eigenvalue weighted by atomic mass is 10.0. The average Bonchev–Trinajstić information content (AvgIpc) is 3.00. The Bertz CT molecular complexity index is 1520.